The van der Waals surface area contributed by atoms with E-state index in [2.05, 4.69) is 27.8 Å². The quantitative estimate of drug-likeness (QED) is 0.0721. The number of nitriles is 1. The molecule has 83 heavy (non-hydrogen) atoms. The number of aryl methyl sites for hydroxylation is 1. The number of β-amino-alcohol motifs (C(OH)–C–C–N with tert-alkyl or cyclic N) is 1. The van der Waals surface area contributed by atoms with Crippen molar-refractivity contribution in [2.24, 2.45) is 5.92 Å². The molecule has 0 aliphatic carbocycles. The minimum atomic E-state index is -1.74. The maximum absolute atomic E-state index is 17.3. The van der Waals surface area contributed by atoms with Crippen LogP contribution in [-0.4, -0.2) is 146 Å². The van der Waals surface area contributed by atoms with Gasteiger partial charge in [-0.2, -0.15) is 15.2 Å². The number of ether oxygens (including phenoxy) is 2. The Bertz CT molecular complexity index is 3620. The number of aliphatic hydroxyl groups excluding tert-OH is 1. The van der Waals surface area contributed by atoms with Gasteiger partial charge in [0.2, 0.25) is 5.91 Å². The van der Waals surface area contributed by atoms with Crippen molar-refractivity contribution in [3.63, 3.8) is 0 Å². The number of phenolic OH excluding ortho intramolecular Hbond substituents is 1. The van der Waals surface area contributed by atoms with Crippen LogP contribution in [0.3, 0.4) is 0 Å². The zero-order valence-corrected chi connectivity index (χ0v) is 47.9. The number of piperidine rings is 1. The lowest BCUT2D eigenvalue weighted by molar-refractivity contribution is -0.140. The number of hydrogen-bond acceptors (Lipinski definition) is 16. The van der Waals surface area contributed by atoms with E-state index < -0.39 is 47.3 Å². The first-order valence-electron chi connectivity index (χ1n) is 27.6. The van der Waals surface area contributed by atoms with E-state index in [1.807, 2.05) is 62.4 Å². The number of halogens is 4. The molecule has 0 saturated carbocycles. The smallest absolute Gasteiger partial charge is 0.319 e. The van der Waals surface area contributed by atoms with Gasteiger partial charge in [-0.15, -0.1) is 11.3 Å². The molecule has 10 rings (SSSR count). The van der Waals surface area contributed by atoms with E-state index in [1.165, 1.54) is 28.0 Å². The molecule has 5 atom stereocenters. The van der Waals surface area contributed by atoms with Gasteiger partial charge in [-0.3, -0.25) is 19.3 Å². The van der Waals surface area contributed by atoms with E-state index in [1.54, 1.807) is 46.6 Å². The first-order chi connectivity index (χ1) is 39.8. The number of Topliss-reactive ketones (excluding diaryl/α,β-unsaturated/α-hetero) is 1. The van der Waals surface area contributed by atoms with Crippen LogP contribution in [0, 0.1) is 30.0 Å². The van der Waals surface area contributed by atoms with E-state index >= 15 is 8.78 Å². The average molecular weight is 1170 g/mol. The second-order valence-electron chi connectivity index (χ2n) is 22.1. The average Bonchev–Trinajstić information content (AvgIpc) is 3.68. The molecule has 0 radical (unpaired) electrons. The Labute approximate surface area is 486 Å². The van der Waals surface area contributed by atoms with Gasteiger partial charge < -0.3 is 38.9 Å². The molecule has 3 aliphatic heterocycles. The maximum Gasteiger partial charge on any atom is 0.319 e. The summed E-state index contributed by atoms with van der Waals surface area (Å²) in [5, 5.41) is 36.7. The fourth-order valence-corrected chi connectivity index (χ4v) is 12.7. The van der Waals surface area contributed by atoms with Crippen LogP contribution < -0.4 is 14.4 Å². The van der Waals surface area contributed by atoms with E-state index in [4.69, 9.17) is 30.6 Å². The summed E-state index contributed by atoms with van der Waals surface area (Å²) in [4.78, 5) is 62.2. The van der Waals surface area contributed by atoms with Crippen molar-refractivity contribution in [2.45, 2.75) is 95.5 Å². The van der Waals surface area contributed by atoms with Gasteiger partial charge in [0, 0.05) is 75.7 Å². The molecular weight excluding hydrogens is 1110 g/mol. The lowest BCUT2D eigenvalue weighted by atomic mass is 9.89. The number of fused-ring (bicyclic) bond motifs is 2. The Morgan fingerprint density at radius 1 is 0.988 bits per heavy atom. The molecule has 7 aromatic rings. The summed E-state index contributed by atoms with van der Waals surface area (Å²) in [6.07, 6.45) is -0.534. The lowest BCUT2D eigenvalue weighted by Gasteiger charge is -2.41. The third-order valence-corrected chi connectivity index (χ3v) is 17.4. The second kappa shape index (κ2) is 24.7. The van der Waals surface area contributed by atoms with Crippen molar-refractivity contribution in [1.29, 1.82) is 5.26 Å². The molecule has 0 unspecified atom stereocenters. The van der Waals surface area contributed by atoms with Gasteiger partial charge in [0.05, 0.1) is 51.8 Å². The monoisotopic (exact) mass is 1170 g/mol. The van der Waals surface area contributed by atoms with Crippen LogP contribution in [0.2, 0.25) is 5.02 Å². The number of anilines is 1. The molecular formula is C61H63ClF3N9O8S. The Balaban J connectivity index is 0.778. The van der Waals surface area contributed by atoms with Crippen molar-refractivity contribution < 1.29 is 51.8 Å². The molecule has 2 amide bonds. The number of aromatic hydroxyl groups is 1. The van der Waals surface area contributed by atoms with Crippen molar-refractivity contribution >= 4 is 68.0 Å². The van der Waals surface area contributed by atoms with E-state index in [0.29, 0.717) is 36.0 Å². The summed E-state index contributed by atoms with van der Waals surface area (Å²) < 4.78 is 65.6. The van der Waals surface area contributed by atoms with Crippen molar-refractivity contribution in [3.05, 3.63) is 119 Å². The van der Waals surface area contributed by atoms with Gasteiger partial charge >= 0.3 is 6.01 Å². The summed E-state index contributed by atoms with van der Waals surface area (Å²) in [6, 6.07) is 21.5. The first kappa shape index (κ1) is 58.6. The predicted octanol–water partition coefficient (Wildman–Crippen LogP) is 10.5. The number of piperazine rings is 1. The molecule has 2 N–H and O–H groups in total. The Morgan fingerprint density at radius 3 is 2.46 bits per heavy atom. The number of aromatic nitrogens is 4. The van der Waals surface area contributed by atoms with Gasteiger partial charge in [0.1, 0.15) is 41.9 Å². The number of carbonyl (C=O) groups is 3. The van der Waals surface area contributed by atoms with Crippen LogP contribution in [-0.2, 0) is 14.4 Å². The molecule has 434 valence electrons. The number of nitrogens with zero attached hydrogens (tertiary/aromatic N) is 9. The van der Waals surface area contributed by atoms with Gasteiger partial charge in [-0.05, 0) is 82.4 Å². The zero-order chi connectivity index (χ0) is 58.9. The third kappa shape index (κ3) is 12.5. The number of benzene rings is 4. The summed E-state index contributed by atoms with van der Waals surface area (Å²) in [5.74, 6) is -4.45. The molecule has 17 nitrogen and oxygen atoms in total. The normalized spacial score (nSPS) is 19.0. The fraction of sp³-hybridized carbons (Fsp3) is 0.410. The molecule has 6 heterocycles. The van der Waals surface area contributed by atoms with E-state index in [9.17, 15) is 34.2 Å². The van der Waals surface area contributed by atoms with Crippen LogP contribution in [0.5, 0.6) is 17.6 Å². The number of likely N-dealkylation sites (tertiary alicyclic amines) is 2. The number of phenols is 1. The molecule has 3 saturated heterocycles. The van der Waals surface area contributed by atoms with Crippen molar-refractivity contribution in [1.82, 2.24) is 34.8 Å². The number of aliphatic hydroxyl groups is 1. The minimum absolute atomic E-state index is 0.00236. The SMILES string of the molecule is C=C(F)C(=O)N1CCN(c2nc(OCCN3CCC(F)(COc4cc([C@@H](C(=O)N5C[C@H](O)C[C@H]5C(=O)C[C@@H](C)c5ccc(-c6scnc6C)cc5)C(C)C)on4)CC3)nc3c(F)c(-c4cc(O)cc5ccccc45)c(Cl)cc23)C[C@@H]1CC#N. The second-order valence-corrected chi connectivity index (χ2v) is 23.4. The summed E-state index contributed by atoms with van der Waals surface area (Å²) >= 11 is 8.49. The molecule has 3 aliphatic rings. The topological polar surface area (TPSA) is 212 Å². The van der Waals surface area contributed by atoms with E-state index in [-0.39, 0.29) is 146 Å². The highest BCUT2D eigenvalue weighted by atomic mass is 35.5. The molecule has 0 bridgehead atoms. The Morgan fingerprint density at radius 2 is 1.75 bits per heavy atom. The summed E-state index contributed by atoms with van der Waals surface area (Å²) in [5.41, 5.74) is 3.21. The highest BCUT2D eigenvalue weighted by Gasteiger charge is 2.44. The number of hydrogen-bond donors (Lipinski definition) is 2. The molecule has 0 spiro atoms. The number of rotatable bonds is 19. The molecule has 3 aromatic heterocycles. The molecule has 4 aromatic carbocycles. The summed E-state index contributed by atoms with van der Waals surface area (Å²) in [7, 11) is 0. The van der Waals surface area contributed by atoms with Crippen LogP contribution in [0.1, 0.15) is 81.7 Å². The largest absolute Gasteiger partial charge is 0.508 e. The standard InChI is InChI=1S/C61H63ClF3N9O8S/c1-34(2)52(59(79)74-31-43(76)27-48(74)49(77)24-35(3)38-10-12-39(13-11-38)56-37(5)67-33-83-56)50-29-51(70-82-50)81-32-61(65)15-18-71(19-16-61)22-23-80-60-68-55-46(57(69-60)72-20-21-73(58(78)36(4)63)41(30-72)14-17-66)28-47(62)53(54(55)64)45-26-42(75)25-40-8-6-7-9-44(40)45/h6-13,25-26,28-29,33-35,41,43,48,52,75-76H,4,14-16,18-24,27,30-32H2,1-3,5H3/t35-,41+,43-,48+,52+/m1/s1. The van der Waals surface area contributed by atoms with Crippen LogP contribution in [0.15, 0.2) is 95.2 Å². The van der Waals surface area contributed by atoms with Crippen molar-refractivity contribution in [3.8, 4) is 45.3 Å². The lowest BCUT2D eigenvalue weighted by Crippen LogP contribution is -2.55. The number of thiazole rings is 1. The number of alkyl halides is 1. The number of ketones is 1. The predicted molar refractivity (Wildman–Crippen MR) is 308 cm³/mol. The molecule has 3 fully saturated rings. The van der Waals surface area contributed by atoms with Crippen molar-refractivity contribution in [2.75, 3.05) is 63.9 Å². The van der Waals surface area contributed by atoms with Crippen LogP contribution in [0.25, 0.3) is 43.2 Å². The number of amides is 2. The van der Waals surface area contributed by atoms with Gasteiger partial charge in [0.25, 0.3) is 11.8 Å². The van der Waals surface area contributed by atoms with Gasteiger partial charge in [0.15, 0.2) is 23.2 Å². The minimum Gasteiger partial charge on any atom is -0.508 e. The molecule has 22 heteroatoms. The number of carbonyl (C=O) groups excluding carboxylic acids is 3. The van der Waals surface area contributed by atoms with Crippen LogP contribution in [0.4, 0.5) is 19.0 Å². The first-order valence-corrected chi connectivity index (χ1v) is 28.9. The van der Waals surface area contributed by atoms with Crippen LogP contribution >= 0.6 is 22.9 Å². The highest BCUT2D eigenvalue weighted by Crippen LogP contribution is 2.43. The highest BCUT2D eigenvalue weighted by molar-refractivity contribution is 7.13. The Kier molecular flexibility index (Phi) is 17.4. The van der Waals surface area contributed by atoms with Gasteiger partial charge in [-0.25, -0.2) is 18.2 Å². The fourth-order valence-electron chi connectivity index (χ4n) is 11.6. The maximum atomic E-state index is 17.3. The third-order valence-electron chi connectivity index (χ3n) is 16.1. The van der Waals surface area contributed by atoms with Gasteiger partial charge in [-0.1, -0.05) is 87.5 Å². The Hall–Kier alpha value is -7.64. The zero-order valence-electron chi connectivity index (χ0n) is 46.4. The summed E-state index contributed by atoms with van der Waals surface area (Å²) in [6.45, 7) is 11.5. The van der Waals surface area contributed by atoms with E-state index in [0.717, 1.165) is 21.7 Å².